The minimum atomic E-state index is -0.0609. The molecular weight excluding hydrogens is 269 g/mol. The van der Waals surface area contributed by atoms with E-state index in [4.69, 9.17) is 23.2 Å². The maximum atomic E-state index is 11.9. The summed E-state index contributed by atoms with van der Waals surface area (Å²) in [6.07, 6.45) is 4.41. The van der Waals surface area contributed by atoms with Gasteiger partial charge in [0.25, 0.3) is 5.91 Å². The highest BCUT2D eigenvalue weighted by atomic mass is 35.5. The zero-order chi connectivity index (χ0) is 13.0. The maximum Gasteiger partial charge on any atom is 0.251 e. The van der Waals surface area contributed by atoms with E-state index in [0.29, 0.717) is 23.0 Å². The average Bonchev–Trinajstić information content (AvgIpc) is 2.36. The van der Waals surface area contributed by atoms with Crippen LogP contribution in [0.3, 0.4) is 0 Å². The Morgan fingerprint density at radius 1 is 1.39 bits per heavy atom. The Morgan fingerprint density at radius 3 is 2.94 bits per heavy atom. The van der Waals surface area contributed by atoms with Crippen LogP contribution in [0.4, 0.5) is 0 Å². The molecule has 2 atom stereocenters. The van der Waals surface area contributed by atoms with Crippen LogP contribution in [0.1, 0.15) is 36.0 Å². The molecule has 1 aliphatic carbocycles. The van der Waals surface area contributed by atoms with Crippen molar-refractivity contribution in [2.75, 3.05) is 6.54 Å². The van der Waals surface area contributed by atoms with Gasteiger partial charge < -0.3 is 5.32 Å². The molecule has 0 heterocycles. The van der Waals surface area contributed by atoms with Crippen LogP contribution in [0.2, 0.25) is 5.02 Å². The molecule has 0 radical (unpaired) electrons. The van der Waals surface area contributed by atoms with Gasteiger partial charge in [0, 0.05) is 22.5 Å². The van der Waals surface area contributed by atoms with Gasteiger partial charge in [-0.25, -0.2) is 0 Å². The first-order valence-corrected chi connectivity index (χ1v) is 7.14. The summed E-state index contributed by atoms with van der Waals surface area (Å²) < 4.78 is 0. The van der Waals surface area contributed by atoms with Crippen LogP contribution in [-0.2, 0) is 0 Å². The number of halogens is 2. The Hall–Kier alpha value is -0.730. The summed E-state index contributed by atoms with van der Waals surface area (Å²) in [6, 6.07) is 7.00. The number of alkyl halides is 1. The van der Waals surface area contributed by atoms with E-state index in [2.05, 4.69) is 5.32 Å². The molecule has 1 aromatic carbocycles. The van der Waals surface area contributed by atoms with Crippen molar-refractivity contribution in [3.63, 3.8) is 0 Å². The van der Waals surface area contributed by atoms with E-state index in [0.717, 1.165) is 25.7 Å². The summed E-state index contributed by atoms with van der Waals surface area (Å²) in [5.74, 6) is 0.443. The summed E-state index contributed by atoms with van der Waals surface area (Å²) in [4.78, 5) is 11.9. The zero-order valence-corrected chi connectivity index (χ0v) is 11.7. The highest BCUT2D eigenvalue weighted by molar-refractivity contribution is 6.30. The molecule has 4 heteroatoms. The molecule has 98 valence electrons. The molecule has 1 aromatic rings. The molecule has 2 unspecified atom stereocenters. The van der Waals surface area contributed by atoms with Gasteiger partial charge >= 0.3 is 0 Å². The van der Waals surface area contributed by atoms with E-state index in [9.17, 15) is 4.79 Å². The topological polar surface area (TPSA) is 29.1 Å². The fraction of sp³-hybridized carbons (Fsp3) is 0.500. The van der Waals surface area contributed by atoms with E-state index >= 15 is 0 Å². The molecular formula is C14H17Cl2NO. The van der Waals surface area contributed by atoms with Crippen molar-refractivity contribution in [2.45, 2.75) is 31.1 Å². The molecule has 2 nitrogen and oxygen atoms in total. The molecule has 1 amide bonds. The van der Waals surface area contributed by atoms with E-state index in [1.54, 1.807) is 24.3 Å². The van der Waals surface area contributed by atoms with E-state index in [1.165, 1.54) is 0 Å². The Balaban J connectivity index is 1.84. The second kappa shape index (κ2) is 6.44. The standard InChI is InChI=1S/C14H17Cl2NO/c15-12-5-1-3-10(7-12)9-17-14(18)11-4-2-6-13(16)8-11/h2,4,6,8,10,12H,1,3,5,7,9H2,(H,17,18). The average molecular weight is 286 g/mol. The van der Waals surface area contributed by atoms with Gasteiger partial charge in [-0.3, -0.25) is 4.79 Å². The summed E-state index contributed by atoms with van der Waals surface area (Å²) in [5.41, 5.74) is 0.612. The lowest BCUT2D eigenvalue weighted by Gasteiger charge is -2.25. The third-order valence-corrected chi connectivity index (χ3v) is 3.99. The monoisotopic (exact) mass is 285 g/mol. The van der Waals surface area contributed by atoms with Crippen molar-refractivity contribution in [1.82, 2.24) is 5.32 Å². The first-order chi connectivity index (χ1) is 8.65. The minimum Gasteiger partial charge on any atom is -0.352 e. The van der Waals surface area contributed by atoms with Crippen molar-refractivity contribution in [1.29, 1.82) is 0 Å². The molecule has 0 aliphatic heterocycles. The van der Waals surface area contributed by atoms with Crippen LogP contribution in [0.15, 0.2) is 24.3 Å². The molecule has 0 aromatic heterocycles. The molecule has 0 bridgehead atoms. The lowest BCUT2D eigenvalue weighted by molar-refractivity contribution is 0.0943. The molecule has 1 aliphatic rings. The van der Waals surface area contributed by atoms with Crippen LogP contribution < -0.4 is 5.32 Å². The number of hydrogen-bond donors (Lipinski definition) is 1. The Kier molecular flexibility index (Phi) is 4.90. The molecule has 2 rings (SSSR count). The van der Waals surface area contributed by atoms with Crippen LogP contribution in [0.5, 0.6) is 0 Å². The highest BCUT2D eigenvalue weighted by Crippen LogP contribution is 2.27. The van der Waals surface area contributed by atoms with Gasteiger partial charge in [0.2, 0.25) is 0 Å². The SMILES string of the molecule is O=C(NCC1CCCC(Cl)C1)c1cccc(Cl)c1. The van der Waals surface area contributed by atoms with Crippen molar-refractivity contribution in [2.24, 2.45) is 5.92 Å². The van der Waals surface area contributed by atoms with Crippen LogP contribution in [0, 0.1) is 5.92 Å². The smallest absolute Gasteiger partial charge is 0.251 e. The van der Waals surface area contributed by atoms with E-state index in [-0.39, 0.29) is 11.3 Å². The third-order valence-electron chi connectivity index (χ3n) is 3.36. The lowest BCUT2D eigenvalue weighted by atomic mass is 9.89. The Morgan fingerprint density at radius 2 is 2.22 bits per heavy atom. The normalized spacial score (nSPS) is 23.7. The fourth-order valence-corrected chi connectivity index (χ4v) is 2.98. The number of benzene rings is 1. The van der Waals surface area contributed by atoms with Crippen LogP contribution in [0.25, 0.3) is 0 Å². The first-order valence-electron chi connectivity index (χ1n) is 6.33. The quantitative estimate of drug-likeness (QED) is 0.840. The van der Waals surface area contributed by atoms with Gasteiger partial charge in [-0.05, 0) is 43.4 Å². The van der Waals surface area contributed by atoms with Crippen molar-refractivity contribution in [3.8, 4) is 0 Å². The van der Waals surface area contributed by atoms with Gasteiger partial charge in [0.1, 0.15) is 0 Å². The second-order valence-electron chi connectivity index (χ2n) is 4.85. The van der Waals surface area contributed by atoms with Gasteiger partial charge in [-0.1, -0.05) is 24.1 Å². The van der Waals surface area contributed by atoms with Crippen molar-refractivity contribution in [3.05, 3.63) is 34.9 Å². The summed E-state index contributed by atoms with van der Waals surface area (Å²) in [6.45, 7) is 0.703. The molecule has 18 heavy (non-hydrogen) atoms. The number of nitrogens with one attached hydrogen (secondary N) is 1. The van der Waals surface area contributed by atoms with Gasteiger partial charge in [-0.2, -0.15) is 0 Å². The summed E-state index contributed by atoms with van der Waals surface area (Å²) in [5, 5.41) is 3.81. The fourth-order valence-electron chi connectivity index (χ4n) is 2.38. The number of carbonyl (C=O) groups excluding carboxylic acids is 1. The predicted octanol–water partition coefficient (Wildman–Crippen LogP) is 3.87. The van der Waals surface area contributed by atoms with Crippen LogP contribution >= 0.6 is 23.2 Å². The Labute approximate surface area is 118 Å². The number of carbonyl (C=O) groups is 1. The largest absolute Gasteiger partial charge is 0.352 e. The van der Waals surface area contributed by atoms with Gasteiger partial charge in [0.05, 0.1) is 0 Å². The maximum absolute atomic E-state index is 11.9. The lowest BCUT2D eigenvalue weighted by Crippen LogP contribution is -2.32. The minimum absolute atomic E-state index is 0.0609. The molecule has 1 saturated carbocycles. The summed E-state index contributed by atoms with van der Waals surface area (Å²) >= 11 is 12.0. The molecule has 1 fully saturated rings. The van der Waals surface area contributed by atoms with Crippen LogP contribution in [-0.4, -0.2) is 17.8 Å². The predicted molar refractivity (Wildman–Crippen MR) is 75.4 cm³/mol. The third kappa shape index (κ3) is 3.89. The van der Waals surface area contributed by atoms with E-state index in [1.807, 2.05) is 0 Å². The molecule has 1 N–H and O–H groups in total. The van der Waals surface area contributed by atoms with Crippen molar-refractivity contribution >= 4 is 29.1 Å². The molecule has 0 spiro atoms. The van der Waals surface area contributed by atoms with E-state index < -0.39 is 0 Å². The first kappa shape index (κ1) is 13.7. The van der Waals surface area contributed by atoms with Gasteiger partial charge in [0.15, 0.2) is 0 Å². The Bertz CT molecular complexity index is 422. The van der Waals surface area contributed by atoms with Gasteiger partial charge in [-0.15, -0.1) is 11.6 Å². The second-order valence-corrected chi connectivity index (χ2v) is 5.90. The highest BCUT2D eigenvalue weighted by Gasteiger charge is 2.20. The number of amides is 1. The zero-order valence-electron chi connectivity index (χ0n) is 10.2. The summed E-state index contributed by atoms with van der Waals surface area (Å²) in [7, 11) is 0. The number of hydrogen-bond acceptors (Lipinski definition) is 1. The molecule has 0 saturated heterocycles. The van der Waals surface area contributed by atoms with Crippen molar-refractivity contribution < 1.29 is 4.79 Å². The number of rotatable bonds is 3.